The van der Waals surface area contributed by atoms with Crippen LogP contribution < -0.4 is 5.32 Å². The Balaban J connectivity index is 0.00000220. The Morgan fingerprint density at radius 1 is 1.43 bits per heavy atom. The first-order valence-electron chi connectivity index (χ1n) is 7.78. The van der Waals surface area contributed by atoms with Gasteiger partial charge >= 0.3 is 0 Å². The third-order valence-electron chi connectivity index (χ3n) is 3.83. The second kappa shape index (κ2) is 9.15. The van der Waals surface area contributed by atoms with Crippen LogP contribution in [0.15, 0.2) is 4.99 Å². The van der Waals surface area contributed by atoms with Crippen molar-refractivity contribution in [2.24, 2.45) is 16.3 Å². The standard InChI is InChI=1S/C15H29N3O2.HI/c1-4-16-14(17-10-15(2)11-20-12-15)18(3)7-8-19-9-13-5-6-13;/h13H,4-12H2,1-3H3,(H,16,17);1H. The zero-order chi connectivity index (χ0) is 14.4. The zero-order valence-corrected chi connectivity index (χ0v) is 15.9. The Bertz CT molecular complexity index is 331. The molecule has 5 nitrogen and oxygen atoms in total. The van der Waals surface area contributed by atoms with E-state index in [0.717, 1.165) is 57.9 Å². The molecule has 0 atom stereocenters. The van der Waals surface area contributed by atoms with Crippen LogP contribution in [0.25, 0.3) is 0 Å². The summed E-state index contributed by atoms with van der Waals surface area (Å²) in [6, 6.07) is 0. The molecule has 2 aliphatic rings. The van der Waals surface area contributed by atoms with Crippen LogP contribution in [0.3, 0.4) is 0 Å². The van der Waals surface area contributed by atoms with Gasteiger partial charge in [0.15, 0.2) is 5.96 Å². The summed E-state index contributed by atoms with van der Waals surface area (Å²) >= 11 is 0. The van der Waals surface area contributed by atoms with Crippen molar-refractivity contribution in [1.82, 2.24) is 10.2 Å². The monoisotopic (exact) mass is 411 g/mol. The third-order valence-corrected chi connectivity index (χ3v) is 3.83. The van der Waals surface area contributed by atoms with Gasteiger partial charge in [0.05, 0.1) is 26.4 Å². The van der Waals surface area contributed by atoms with Gasteiger partial charge in [-0.15, -0.1) is 24.0 Å². The summed E-state index contributed by atoms with van der Waals surface area (Å²) in [5.41, 5.74) is 0.226. The van der Waals surface area contributed by atoms with Crippen LogP contribution in [0, 0.1) is 11.3 Å². The Hall–Kier alpha value is -0.0800. The summed E-state index contributed by atoms with van der Waals surface area (Å²) in [7, 11) is 2.07. The summed E-state index contributed by atoms with van der Waals surface area (Å²) in [4.78, 5) is 6.88. The normalized spacial score (nSPS) is 20.4. The molecular formula is C15H30IN3O2. The minimum atomic E-state index is 0. The second-order valence-corrected chi connectivity index (χ2v) is 6.41. The van der Waals surface area contributed by atoms with Crippen molar-refractivity contribution in [3.05, 3.63) is 0 Å². The van der Waals surface area contributed by atoms with Crippen LogP contribution in [0.1, 0.15) is 26.7 Å². The van der Waals surface area contributed by atoms with E-state index in [0.29, 0.717) is 0 Å². The number of hydrogen-bond acceptors (Lipinski definition) is 3. The molecule has 1 heterocycles. The van der Waals surface area contributed by atoms with E-state index >= 15 is 0 Å². The molecule has 2 fully saturated rings. The summed E-state index contributed by atoms with van der Waals surface area (Å²) in [6.07, 6.45) is 2.70. The Kier molecular flexibility index (Phi) is 8.26. The van der Waals surface area contributed by atoms with Crippen LogP contribution in [-0.4, -0.2) is 64.0 Å². The Morgan fingerprint density at radius 2 is 2.14 bits per heavy atom. The molecule has 1 saturated heterocycles. The minimum absolute atomic E-state index is 0. The van der Waals surface area contributed by atoms with Crippen LogP contribution >= 0.6 is 24.0 Å². The summed E-state index contributed by atoms with van der Waals surface area (Å²) < 4.78 is 11.0. The SMILES string of the molecule is CCNC(=NCC1(C)COC1)N(C)CCOCC1CC1.I. The van der Waals surface area contributed by atoms with E-state index in [-0.39, 0.29) is 29.4 Å². The first kappa shape index (κ1) is 19.0. The molecule has 1 saturated carbocycles. The van der Waals surface area contributed by atoms with E-state index in [4.69, 9.17) is 14.5 Å². The molecule has 6 heteroatoms. The molecule has 1 N–H and O–H groups in total. The molecule has 0 aromatic heterocycles. The van der Waals surface area contributed by atoms with E-state index < -0.39 is 0 Å². The molecule has 0 amide bonds. The molecule has 0 radical (unpaired) electrons. The van der Waals surface area contributed by atoms with Gasteiger partial charge in [0.2, 0.25) is 0 Å². The molecule has 124 valence electrons. The highest BCUT2D eigenvalue weighted by molar-refractivity contribution is 14.0. The van der Waals surface area contributed by atoms with Crippen molar-refractivity contribution in [3.8, 4) is 0 Å². The van der Waals surface area contributed by atoms with E-state index in [1.807, 2.05) is 0 Å². The van der Waals surface area contributed by atoms with Crippen LogP contribution in [0.2, 0.25) is 0 Å². The van der Waals surface area contributed by atoms with E-state index in [9.17, 15) is 0 Å². The summed E-state index contributed by atoms with van der Waals surface area (Å²) in [5.74, 6) is 1.80. The smallest absolute Gasteiger partial charge is 0.193 e. The van der Waals surface area contributed by atoms with Crippen LogP contribution in [0.4, 0.5) is 0 Å². The van der Waals surface area contributed by atoms with Crippen LogP contribution in [-0.2, 0) is 9.47 Å². The van der Waals surface area contributed by atoms with Gasteiger partial charge in [0, 0.05) is 32.2 Å². The van der Waals surface area contributed by atoms with Crippen molar-refractivity contribution in [2.45, 2.75) is 26.7 Å². The van der Waals surface area contributed by atoms with Crippen molar-refractivity contribution < 1.29 is 9.47 Å². The topological polar surface area (TPSA) is 46.1 Å². The zero-order valence-electron chi connectivity index (χ0n) is 13.6. The number of hydrogen-bond donors (Lipinski definition) is 1. The predicted molar refractivity (Wildman–Crippen MR) is 96.5 cm³/mol. The molecule has 1 aliphatic heterocycles. The number of nitrogens with zero attached hydrogens (tertiary/aromatic N) is 2. The lowest BCUT2D eigenvalue weighted by molar-refractivity contribution is -0.0946. The fourth-order valence-electron chi connectivity index (χ4n) is 2.12. The lowest BCUT2D eigenvalue weighted by atomic mass is 9.89. The van der Waals surface area contributed by atoms with E-state index in [1.165, 1.54) is 12.8 Å². The number of aliphatic imine (C=N–C) groups is 1. The van der Waals surface area contributed by atoms with Gasteiger partial charge in [-0.3, -0.25) is 4.99 Å². The quantitative estimate of drug-likeness (QED) is 0.287. The third kappa shape index (κ3) is 6.69. The maximum atomic E-state index is 5.69. The van der Waals surface area contributed by atoms with E-state index in [2.05, 4.69) is 31.1 Å². The van der Waals surface area contributed by atoms with Crippen molar-refractivity contribution in [2.75, 3.05) is 53.1 Å². The summed E-state index contributed by atoms with van der Waals surface area (Å²) in [5, 5.41) is 3.34. The molecule has 1 aliphatic carbocycles. The molecular weight excluding hydrogens is 381 g/mol. The van der Waals surface area contributed by atoms with Crippen molar-refractivity contribution in [1.29, 1.82) is 0 Å². The predicted octanol–water partition coefficient (Wildman–Crippen LogP) is 1.96. The molecule has 0 spiro atoms. The Labute approximate surface area is 145 Å². The average molecular weight is 411 g/mol. The summed E-state index contributed by atoms with van der Waals surface area (Å²) in [6.45, 7) is 10.3. The van der Waals surface area contributed by atoms with Crippen LogP contribution in [0.5, 0.6) is 0 Å². The Morgan fingerprint density at radius 3 is 2.67 bits per heavy atom. The maximum Gasteiger partial charge on any atom is 0.193 e. The molecule has 0 aromatic rings. The van der Waals surface area contributed by atoms with Gasteiger partial charge in [-0.2, -0.15) is 0 Å². The number of halogens is 1. The molecule has 0 aromatic carbocycles. The van der Waals surface area contributed by atoms with Crippen molar-refractivity contribution in [3.63, 3.8) is 0 Å². The highest BCUT2D eigenvalue weighted by Crippen LogP contribution is 2.28. The van der Waals surface area contributed by atoms with E-state index in [1.54, 1.807) is 0 Å². The van der Waals surface area contributed by atoms with Crippen molar-refractivity contribution >= 4 is 29.9 Å². The first-order chi connectivity index (χ1) is 9.63. The fraction of sp³-hybridized carbons (Fsp3) is 0.933. The maximum absolute atomic E-state index is 5.69. The fourth-order valence-corrected chi connectivity index (χ4v) is 2.12. The average Bonchev–Trinajstić information content (AvgIpc) is 3.21. The van der Waals surface area contributed by atoms with Gasteiger partial charge in [-0.1, -0.05) is 6.92 Å². The minimum Gasteiger partial charge on any atom is -0.380 e. The van der Waals surface area contributed by atoms with Gasteiger partial charge in [-0.05, 0) is 25.7 Å². The van der Waals surface area contributed by atoms with Gasteiger partial charge in [0.25, 0.3) is 0 Å². The van der Waals surface area contributed by atoms with Gasteiger partial charge in [-0.25, -0.2) is 0 Å². The number of likely N-dealkylation sites (N-methyl/N-ethyl adjacent to an activating group) is 1. The largest absolute Gasteiger partial charge is 0.380 e. The molecule has 0 unspecified atom stereocenters. The lowest BCUT2D eigenvalue weighted by Gasteiger charge is -2.37. The number of nitrogens with one attached hydrogen (secondary N) is 1. The number of ether oxygens (including phenoxy) is 2. The van der Waals surface area contributed by atoms with Gasteiger partial charge in [0.1, 0.15) is 0 Å². The van der Waals surface area contributed by atoms with Gasteiger partial charge < -0.3 is 19.7 Å². The molecule has 21 heavy (non-hydrogen) atoms. The first-order valence-corrected chi connectivity index (χ1v) is 7.78. The highest BCUT2D eigenvalue weighted by Gasteiger charge is 2.33. The number of guanidine groups is 1. The number of rotatable bonds is 8. The second-order valence-electron chi connectivity index (χ2n) is 6.41. The highest BCUT2D eigenvalue weighted by atomic mass is 127. The lowest BCUT2D eigenvalue weighted by Crippen LogP contribution is -2.45. The molecule has 2 rings (SSSR count). The molecule has 0 bridgehead atoms.